The van der Waals surface area contributed by atoms with Crippen molar-refractivity contribution in [3.05, 3.63) is 47.8 Å². The third-order valence-electron chi connectivity index (χ3n) is 2.66. The minimum atomic E-state index is -0.142. The topological polar surface area (TPSA) is 72.9 Å². The number of nitrogens with one attached hydrogen (secondary N) is 1. The molecule has 1 heterocycles. The van der Waals surface area contributed by atoms with Gasteiger partial charge in [0.2, 0.25) is 0 Å². The van der Waals surface area contributed by atoms with Crippen LogP contribution in [-0.2, 0) is 13.5 Å². The van der Waals surface area contributed by atoms with Crippen molar-refractivity contribution in [1.82, 2.24) is 15.1 Å². The van der Waals surface area contributed by atoms with E-state index < -0.39 is 0 Å². The Morgan fingerprint density at radius 3 is 2.89 bits per heavy atom. The van der Waals surface area contributed by atoms with E-state index in [2.05, 4.69) is 10.4 Å². The molecule has 94 valence electrons. The molecule has 0 spiro atoms. The first kappa shape index (κ1) is 12.2. The highest BCUT2D eigenvalue weighted by molar-refractivity contribution is 5.99. The number of aromatic nitrogens is 2. The number of hydrogen-bond acceptors (Lipinski definition) is 3. The predicted octanol–water partition coefficient (Wildman–Crippen LogP) is 0.975. The third kappa shape index (κ3) is 2.88. The highest BCUT2D eigenvalue weighted by Crippen LogP contribution is 2.09. The summed E-state index contributed by atoms with van der Waals surface area (Å²) in [4.78, 5) is 11.8. The molecule has 0 saturated heterocycles. The Bertz CT molecular complexity index is 547. The lowest BCUT2D eigenvalue weighted by molar-refractivity contribution is 0.0955. The Balaban J connectivity index is 1.87. The molecule has 0 aliphatic carbocycles. The zero-order valence-electron chi connectivity index (χ0n) is 10.3. The Hall–Kier alpha value is -2.30. The fourth-order valence-corrected chi connectivity index (χ4v) is 1.72. The van der Waals surface area contributed by atoms with Crippen LogP contribution in [0.2, 0.25) is 0 Å². The Kier molecular flexibility index (Phi) is 3.62. The minimum absolute atomic E-state index is 0.142. The standard InChI is InChI=1S/C13H16N4O/c1-17-9-10(8-16-17)6-7-15-13(18)11-4-2-3-5-12(11)14/h2-5,8-9H,6-7,14H2,1H3,(H,15,18). The van der Waals surface area contributed by atoms with E-state index in [1.807, 2.05) is 19.3 Å². The molecule has 0 radical (unpaired) electrons. The second-order valence-electron chi connectivity index (χ2n) is 4.12. The summed E-state index contributed by atoms with van der Waals surface area (Å²) in [5.74, 6) is -0.142. The van der Waals surface area contributed by atoms with E-state index in [9.17, 15) is 4.79 Å². The van der Waals surface area contributed by atoms with Crippen molar-refractivity contribution in [3.63, 3.8) is 0 Å². The molecule has 1 aromatic carbocycles. The van der Waals surface area contributed by atoms with Gasteiger partial charge < -0.3 is 11.1 Å². The largest absolute Gasteiger partial charge is 0.398 e. The van der Waals surface area contributed by atoms with E-state index in [0.29, 0.717) is 17.8 Å². The molecule has 0 fully saturated rings. The maximum Gasteiger partial charge on any atom is 0.253 e. The molecule has 18 heavy (non-hydrogen) atoms. The molecule has 0 bridgehead atoms. The smallest absolute Gasteiger partial charge is 0.253 e. The monoisotopic (exact) mass is 244 g/mol. The predicted molar refractivity (Wildman–Crippen MR) is 70.1 cm³/mol. The molecule has 0 unspecified atom stereocenters. The van der Waals surface area contributed by atoms with Crippen LogP contribution in [0.5, 0.6) is 0 Å². The van der Waals surface area contributed by atoms with Gasteiger partial charge in [-0.1, -0.05) is 12.1 Å². The quantitative estimate of drug-likeness (QED) is 0.787. The van der Waals surface area contributed by atoms with E-state index in [0.717, 1.165) is 12.0 Å². The van der Waals surface area contributed by atoms with Crippen LogP contribution in [0.25, 0.3) is 0 Å². The number of amides is 1. The van der Waals surface area contributed by atoms with Gasteiger partial charge in [0.15, 0.2) is 0 Å². The first-order valence-electron chi connectivity index (χ1n) is 5.77. The lowest BCUT2D eigenvalue weighted by Gasteiger charge is -2.06. The van der Waals surface area contributed by atoms with Crippen LogP contribution in [0.1, 0.15) is 15.9 Å². The van der Waals surface area contributed by atoms with Crippen molar-refractivity contribution in [1.29, 1.82) is 0 Å². The summed E-state index contributed by atoms with van der Waals surface area (Å²) in [6.45, 7) is 0.568. The fraction of sp³-hybridized carbons (Fsp3) is 0.231. The Morgan fingerprint density at radius 2 is 2.22 bits per heavy atom. The molecular weight excluding hydrogens is 228 g/mol. The highest BCUT2D eigenvalue weighted by atomic mass is 16.1. The second kappa shape index (κ2) is 5.35. The highest BCUT2D eigenvalue weighted by Gasteiger charge is 2.07. The van der Waals surface area contributed by atoms with Crippen LogP contribution in [-0.4, -0.2) is 22.2 Å². The first-order valence-corrected chi connectivity index (χ1v) is 5.77. The maximum absolute atomic E-state index is 11.8. The Labute approximate surface area is 106 Å². The average Bonchev–Trinajstić information content (AvgIpc) is 2.75. The van der Waals surface area contributed by atoms with Gasteiger partial charge in [-0.3, -0.25) is 9.48 Å². The van der Waals surface area contributed by atoms with Crippen LogP contribution in [0.4, 0.5) is 5.69 Å². The minimum Gasteiger partial charge on any atom is -0.398 e. The number of hydrogen-bond donors (Lipinski definition) is 2. The molecular formula is C13H16N4O. The number of carbonyl (C=O) groups excluding carboxylic acids is 1. The fourth-order valence-electron chi connectivity index (χ4n) is 1.72. The summed E-state index contributed by atoms with van der Waals surface area (Å²) in [5.41, 5.74) is 7.84. The molecule has 0 aliphatic rings. The molecule has 5 nitrogen and oxygen atoms in total. The SMILES string of the molecule is Cn1cc(CCNC(=O)c2ccccc2N)cn1. The number of benzene rings is 1. The van der Waals surface area contributed by atoms with Gasteiger partial charge in [-0.05, 0) is 24.1 Å². The zero-order valence-corrected chi connectivity index (χ0v) is 10.3. The lowest BCUT2D eigenvalue weighted by Crippen LogP contribution is -2.26. The summed E-state index contributed by atoms with van der Waals surface area (Å²) in [6.07, 6.45) is 4.48. The van der Waals surface area contributed by atoms with E-state index in [4.69, 9.17) is 5.73 Å². The van der Waals surface area contributed by atoms with Crippen LogP contribution in [0.3, 0.4) is 0 Å². The average molecular weight is 244 g/mol. The molecule has 5 heteroatoms. The number of nitrogens with two attached hydrogens (primary N) is 1. The van der Waals surface area contributed by atoms with E-state index >= 15 is 0 Å². The van der Waals surface area contributed by atoms with Gasteiger partial charge in [0, 0.05) is 25.5 Å². The van der Waals surface area contributed by atoms with Crippen LogP contribution in [0.15, 0.2) is 36.7 Å². The number of nitrogens with zero attached hydrogens (tertiary/aromatic N) is 2. The summed E-state index contributed by atoms with van der Waals surface area (Å²) in [5, 5.41) is 6.91. The van der Waals surface area contributed by atoms with Gasteiger partial charge in [0.25, 0.3) is 5.91 Å². The molecule has 0 atom stereocenters. The number of para-hydroxylation sites is 1. The second-order valence-corrected chi connectivity index (χ2v) is 4.12. The third-order valence-corrected chi connectivity index (χ3v) is 2.66. The molecule has 0 aliphatic heterocycles. The van der Waals surface area contributed by atoms with Crippen LogP contribution < -0.4 is 11.1 Å². The number of carbonyl (C=O) groups is 1. The summed E-state index contributed by atoms with van der Waals surface area (Å²) < 4.78 is 1.74. The number of nitrogen functional groups attached to an aromatic ring is 1. The summed E-state index contributed by atoms with van der Waals surface area (Å²) >= 11 is 0. The molecule has 2 rings (SSSR count). The molecule has 2 aromatic rings. The van der Waals surface area contributed by atoms with E-state index in [1.165, 1.54) is 0 Å². The molecule has 1 aromatic heterocycles. The van der Waals surface area contributed by atoms with Crippen molar-refractivity contribution < 1.29 is 4.79 Å². The van der Waals surface area contributed by atoms with Crippen molar-refractivity contribution in [3.8, 4) is 0 Å². The number of aryl methyl sites for hydroxylation is 1. The Morgan fingerprint density at radius 1 is 1.44 bits per heavy atom. The van der Waals surface area contributed by atoms with Gasteiger partial charge in [0.05, 0.1) is 11.8 Å². The van der Waals surface area contributed by atoms with Crippen LogP contribution in [0, 0.1) is 0 Å². The number of rotatable bonds is 4. The molecule has 3 N–H and O–H groups in total. The molecule has 0 saturated carbocycles. The van der Waals surface area contributed by atoms with Gasteiger partial charge in [0.1, 0.15) is 0 Å². The summed E-state index contributed by atoms with van der Waals surface area (Å²) in [7, 11) is 1.87. The van der Waals surface area contributed by atoms with E-state index in [-0.39, 0.29) is 5.91 Å². The maximum atomic E-state index is 11.8. The van der Waals surface area contributed by atoms with Crippen LogP contribution >= 0.6 is 0 Å². The van der Waals surface area contributed by atoms with Crippen molar-refractivity contribution in [2.45, 2.75) is 6.42 Å². The van der Waals surface area contributed by atoms with E-state index in [1.54, 1.807) is 29.1 Å². The number of anilines is 1. The van der Waals surface area contributed by atoms with Gasteiger partial charge in [-0.15, -0.1) is 0 Å². The van der Waals surface area contributed by atoms with Crippen molar-refractivity contribution >= 4 is 11.6 Å². The van der Waals surface area contributed by atoms with Gasteiger partial charge in [-0.2, -0.15) is 5.10 Å². The van der Waals surface area contributed by atoms with Crippen molar-refractivity contribution in [2.24, 2.45) is 7.05 Å². The zero-order chi connectivity index (χ0) is 13.0. The summed E-state index contributed by atoms with van der Waals surface area (Å²) in [6, 6.07) is 7.04. The van der Waals surface area contributed by atoms with Gasteiger partial charge in [-0.25, -0.2) is 0 Å². The first-order chi connectivity index (χ1) is 8.66. The van der Waals surface area contributed by atoms with Gasteiger partial charge >= 0.3 is 0 Å². The normalized spacial score (nSPS) is 10.3. The van der Waals surface area contributed by atoms with Crippen molar-refractivity contribution in [2.75, 3.05) is 12.3 Å². The lowest BCUT2D eigenvalue weighted by atomic mass is 10.1. The molecule has 1 amide bonds.